The van der Waals surface area contributed by atoms with E-state index in [2.05, 4.69) is 10.6 Å². The third-order valence-corrected chi connectivity index (χ3v) is 6.70. The molecular weight excluding hydrogens is 426 g/mol. The Kier molecular flexibility index (Phi) is 8.06. The maximum Gasteiger partial charge on any atom is 0.322 e. The van der Waals surface area contributed by atoms with Crippen molar-refractivity contribution in [3.8, 4) is 5.75 Å². The molecule has 1 aliphatic carbocycles. The van der Waals surface area contributed by atoms with E-state index in [4.69, 9.17) is 14.2 Å². The predicted octanol–water partition coefficient (Wildman–Crippen LogP) is 2.29. The average Bonchev–Trinajstić information content (AvgIpc) is 3.29. The van der Waals surface area contributed by atoms with Gasteiger partial charge in [-0.25, -0.2) is 4.79 Å². The zero-order valence-electron chi connectivity index (χ0n) is 19.2. The highest BCUT2D eigenvalue weighted by molar-refractivity contribution is 5.89. The van der Waals surface area contributed by atoms with Crippen LogP contribution in [0.3, 0.4) is 0 Å². The topological polar surface area (TPSA) is 109 Å². The summed E-state index contributed by atoms with van der Waals surface area (Å²) in [5, 5.41) is 16.3. The zero-order chi connectivity index (χ0) is 23.2. The monoisotopic (exact) mass is 461 g/mol. The van der Waals surface area contributed by atoms with Gasteiger partial charge in [0, 0.05) is 17.8 Å². The summed E-state index contributed by atoms with van der Waals surface area (Å²) >= 11 is 0. The van der Waals surface area contributed by atoms with Crippen molar-refractivity contribution in [2.75, 3.05) is 32.2 Å². The van der Waals surface area contributed by atoms with Crippen LogP contribution in [0.2, 0.25) is 0 Å². The summed E-state index contributed by atoms with van der Waals surface area (Å²) in [6.07, 6.45) is 4.76. The molecule has 0 bridgehead atoms. The van der Waals surface area contributed by atoms with Crippen LogP contribution in [0.15, 0.2) is 24.3 Å². The van der Waals surface area contributed by atoms with Crippen molar-refractivity contribution >= 4 is 17.6 Å². The van der Waals surface area contributed by atoms with Crippen molar-refractivity contribution in [3.63, 3.8) is 0 Å². The minimum Gasteiger partial charge on any atom is -0.497 e. The first-order valence-electron chi connectivity index (χ1n) is 11.9. The van der Waals surface area contributed by atoms with Crippen molar-refractivity contribution in [1.29, 1.82) is 0 Å². The van der Waals surface area contributed by atoms with Crippen LogP contribution in [0.25, 0.3) is 0 Å². The van der Waals surface area contributed by atoms with Gasteiger partial charge in [-0.1, -0.05) is 18.9 Å². The van der Waals surface area contributed by atoms with Gasteiger partial charge in [0.2, 0.25) is 5.91 Å². The molecule has 0 spiro atoms. The molecule has 2 saturated heterocycles. The molecule has 4 atom stereocenters. The molecule has 4 rings (SSSR count). The van der Waals surface area contributed by atoms with Crippen molar-refractivity contribution in [1.82, 2.24) is 10.2 Å². The van der Waals surface area contributed by atoms with Crippen LogP contribution in [0, 0.1) is 0 Å². The van der Waals surface area contributed by atoms with Crippen LogP contribution in [0.4, 0.5) is 10.5 Å². The van der Waals surface area contributed by atoms with Crippen LogP contribution in [0.5, 0.6) is 5.75 Å². The van der Waals surface area contributed by atoms with Crippen LogP contribution in [-0.4, -0.2) is 79.2 Å². The lowest BCUT2D eigenvalue weighted by atomic mass is 9.95. The number of urea groups is 1. The van der Waals surface area contributed by atoms with E-state index in [1.165, 1.54) is 12.8 Å². The van der Waals surface area contributed by atoms with Gasteiger partial charge in [-0.05, 0) is 37.8 Å². The molecule has 3 amide bonds. The highest BCUT2D eigenvalue weighted by atomic mass is 16.5. The number of methoxy groups -OCH3 is 1. The Morgan fingerprint density at radius 3 is 2.79 bits per heavy atom. The number of ether oxygens (including phenoxy) is 3. The number of aliphatic hydroxyl groups excluding tert-OH is 1. The highest BCUT2D eigenvalue weighted by Gasteiger charge is 2.40. The van der Waals surface area contributed by atoms with E-state index in [9.17, 15) is 14.7 Å². The van der Waals surface area contributed by atoms with E-state index < -0.39 is 6.10 Å². The van der Waals surface area contributed by atoms with Crippen molar-refractivity contribution in [2.45, 2.75) is 75.3 Å². The highest BCUT2D eigenvalue weighted by Crippen LogP contribution is 2.29. The smallest absolute Gasteiger partial charge is 0.322 e. The van der Waals surface area contributed by atoms with Gasteiger partial charge in [-0.15, -0.1) is 0 Å². The minimum absolute atomic E-state index is 0.0279. The quantitative estimate of drug-likeness (QED) is 0.621. The molecule has 0 unspecified atom stereocenters. The molecular formula is C24H35N3O6. The van der Waals surface area contributed by atoms with E-state index in [1.807, 2.05) is 0 Å². The molecule has 1 saturated carbocycles. The fourth-order valence-corrected chi connectivity index (χ4v) is 5.03. The SMILES string of the molecule is COc1cccc(NC(=O)N2C[C@@H](O)COC[C@@H]3O[C@@H](CC(=O)NC4CCCC4)CC[C@H]32)c1. The summed E-state index contributed by atoms with van der Waals surface area (Å²) in [6.45, 7) is 0.543. The first kappa shape index (κ1) is 23.8. The number of hydrogen-bond donors (Lipinski definition) is 3. The number of carbonyl (C=O) groups is 2. The molecule has 33 heavy (non-hydrogen) atoms. The average molecular weight is 462 g/mol. The zero-order valence-corrected chi connectivity index (χ0v) is 19.2. The number of amides is 3. The van der Waals surface area contributed by atoms with Crippen LogP contribution >= 0.6 is 0 Å². The number of anilines is 1. The van der Waals surface area contributed by atoms with E-state index in [0.717, 1.165) is 12.8 Å². The molecule has 3 N–H and O–H groups in total. The molecule has 9 nitrogen and oxygen atoms in total. The number of hydrogen-bond acceptors (Lipinski definition) is 6. The fraction of sp³-hybridized carbons (Fsp3) is 0.667. The first-order valence-corrected chi connectivity index (χ1v) is 11.9. The van der Waals surface area contributed by atoms with Gasteiger partial charge in [0.1, 0.15) is 11.9 Å². The second-order valence-corrected chi connectivity index (χ2v) is 9.20. The number of aliphatic hydroxyl groups is 1. The number of nitrogens with one attached hydrogen (secondary N) is 2. The van der Waals surface area contributed by atoms with Gasteiger partial charge in [-0.3, -0.25) is 4.79 Å². The number of rotatable bonds is 5. The Labute approximate surface area is 194 Å². The Morgan fingerprint density at radius 1 is 1.18 bits per heavy atom. The molecule has 0 radical (unpaired) electrons. The molecule has 2 aliphatic heterocycles. The predicted molar refractivity (Wildman–Crippen MR) is 122 cm³/mol. The molecule has 0 aromatic heterocycles. The maximum atomic E-state index is 13.2. The number of carbonyl (C=O) groups excluding carboxylic acids is 2. The number of nitrogens with zero attached hydrogens (tertiary/aromatic N) is 1. The van der Waals surface area contributed by atoms with Crippen molar-refractivity contribution in [2.24, 2.45) is 0 Å². The second-order valence-electron chi connectivity index (χ2n) is 9.20. The van der Waals surface area contributed by atoms with Gasteiger partial charge < -0.3 is 34.9 Å². The Balaban J connectivity index is 1.39. The summed E-state index contributed by atoms with van der Waals surface area (Å²) in [7, 11) is 1.57. The van der Waals surface area contributed by atoms with E-state index in [1.54, 1.807) is 36.3 Å². The molecule has 1 aromatic carbocycles. The third kappa shape index (κ3) is 6.37. The fourth-order valence-electron chi connectivity index (χ4n) is 5.03. The molecule has 1 aromatic rings. The minimum atomic E-state index is -0.781. The molecule has 2 heterocycles. The van der Waals surface area contributed by atoms with Gasteiger partial charge in [0.15, 0.2) is 0 Å². The normalized spacial score (nSPS) is 28.4. The number of fused-ring (bicyclic) bond motifs is 1. The Bertz CT molecular complexity index is 815. The van der Waals surface area contributed by atoms with Crippen molar-refractivity contribution in [3.05, 3.63) is 24.3 Å². The summed E-state index contributed by atoms with van der Waals surface area (Å²) in [5.41, 5.74) is 0.613. The summed E-state index contributed by atoms with van der Waals surface area (Å²) in [5.74, 6) is 0.673. The lowest BCUT2D eigenvalue weighted by Gasteiger charge is -2.44. The van der Waals surface area contributed by atoms with E-state index >= 15 is 0 Å². The van der Waals surface area contributed by atoms with Gasteiger partial charge in [0.05, 0.1) is 51.5 Å². The van der Waals surface area contributed by atoms with Crippen molar-refractivity contribution < 1.29 is 28.9 Å². The molecule has 3 aliphatic rings. The van der Waals surface area contributed by atoms with E-state index in [-0.39, 0.29) is 56.0 Å². The van der Waals surface area contributed by atoms with Gasteiger partial charge in [-0.2, -0.15) is 0 Å². The summed E-state index contributed by atoms with van der Waals surface area (Å²) in [6, 6.07) is 6.88. The Hall–Kier alpha value is -2.36. The van der Waals surface area contributed by atoms with Crippen LogP contribution < -0.4 is 15.4 Å². The first-order chi connectivity index (χ1) is 16.0. The lowest BCUT2D eigenvalue weighted by Crippen LogP contribution is -2.58. The summed E-state index contributed by atoms with van der Waals surface area (Å²) < 4.78 is 17.1. The van der Waals surface area contributed by atoms with E-state index in [0.29, 0.717) is 30.7 Å². The van der Waals surface area contributed by atoms with Crippen LogP contribution in [0.1, 0.15) is 44.9 Å². The third-order valence-electron chi connectivity index (χ3n) is 6.70. The number of benzene rings is 1. The number of β-amino-alcohol motifs (C(OH)–C–C–N with tert-alkyl or cyclic N) is 1. The van der Waals surface area contributed by atoms with Gasteiger partial charge in [0.25, 0.3) is 0 Å². The molecule has 3 fully saturated rings. The maximum absolute atomic E-state index is 13.2. The largest absolute Gasteiger partial charge is 0.497 e. The summed E-state index contributed by atoms with van der Waals surface area (Å²) in [4.78, 5) is 27.3. The molecule has 182 valence electrons. The molecule has 9 heteroatoms. The second kappa shape index (κ2) is 11.2. The van der Waals surface area contributed by atoms with Gasteiger partial charge >= 0.3 is 6.03 Å². The van der Waals surface area contributed by atoms with Crippen LogP contribution in [-0.2, 0) is 14.3 Å². The Morgan fingerprint density at radius 2 is 2.00 bits per heavy atom. The lowest BCUT2D eigenvalue weighted by molar-refractivity contribution is -0.150. The standard InChI is InChI=1S/C24H35N3O6/c1-31-19-8-4-7-17(11-19)26-24(30)27-13-18(28)14-32-15-22-21(27)10-9-20(33-22)12-23(29)25-16-5-2-3-6-16/h4,7-8,11,16,18,20-22,28H,2-3,5-6,9-10,12-15H2,1H3,(H,25,29)(H,26,30)/t18-,20-,21-,22+/m1/s1.